The van der Waals surface area contributed by atoms with Crippen molar-refractivity contribution in [1.82, 2.24) is 15.2 Å². The van der Waals surface area contributed by atoms with Gasteiger partial charge in [0, 0.05) is 11.3 Å². The summed E-state index contributed by atoms with van der Waals surface area (Å²) < 4.78 is 39.9. The summed E-state index contributed by atoms with van der Waals surface area (Å²) in [4.78, 5) is 24.9. The Morgan fingerprint density at radius 2 is 1.83 bits per heavy atom. The predicted molar refractivity (Wildman–Crippen MR) is 104 cm³/mol. The lowest BCUT2D eigenvalue weighted by Crippen LogP contribution is -2.23. The van der Waals surface area contributed by atoms with E-state index in [0.29, 0.717) is 5.69 Å². The first-order valence-electron chi connectivity index (χ1n) is 8.71. The van der Waals surface area contributed by atoms with Gasteiger partial charge in [-0.3, -0.25) is 14.7 Å². The molecule has 0 spiro atoms. The van der Waals surface area contributed by atoms with Gasteiger partial charge in [-0.05, 0) is 56.3 Å². The van der Waals surface area contributed by atoms with Crippen LogP contribution in [0.3, 0.4) is 0 Å². The Bertz CT molecular complexity index is 1180. The van der Waals surface area contributed by atoms with Crippen molar-refractivity contribution < 1.29 is 23.1 Å². The number of phenols is 1. The maximum absolute atomic E-state index is 13.0. The number of rotatable bonds is 4. The van der Waals surface area contributed by atoms with Gasteiger partial charge in [0.25, 0.3) is 11.5 Å². The molecule has 3 rings (SSSR count). The molecule has 1 aromatic heterocycles. The van der Waals surface area contributed by atoms with Crippen LogP contribution >= 0.6 is 0 Å². The van der Waals surface area contributed by atoms with Gasteiger partial charge in [-0.2, -0.15) is 18.3 Å². The van der Waals surface area contributed by atoms with E-state index in [2.05, 4.69) is 15.6 Å². The quantitative estimate of drug-likeness (QED) is 0.448. The summed E-state index contributed by atoms with van der Waals surface area (Å²) in [5.74, 6) is -0.551. The topological polar surface area (TPSA) is 99.5 Å². The molecule has 0 aliphatic heterocycles. The van der Waals surface area contributed by atoms with Gasteiger partial charge in [0.15, 0.2) is 0 Å². The lowest BCUT2D eigenvalue weighted by atomic mass is 10.1. The zero-order valence-electron chi connectivity index (χ0n) is 15.9. The number of carbonyl (C=O) groups excluding carboxylic acids is 1. The van der Waals surface area contributed by atoms with E-state index in [1.54, 1.807) is 6.92 Å². The van der Waals surface area contributed by atoms with E-state index in [-0.39, 0.29) is 28.3 Å². The van der Waals surface area contributed by atoms with Crippen LogP contribution in [-0.4, -0.2) is 26.5 Å². The molecule has 0 saturated heterocycles. The first-order chi connectivity index (χ1) is 14.1. The van der Waals surface area contributed by atoms with Crippen LogP contribution in [0.4, 0.5) is 13.2 Å². The van der Waals surface area contributed by atoms with E-state index in [4.69, 9.17) is 0 Å². The Morgan fingerprint density at radius 3 is 2.47 bits per heavy atom. The van der Waals surface area contributed by atoms with Crippen molar-refractivity contribution in [3.05, 3.63) is 81.3 Å². The van der Waals surface area contributed by atoms with Gasteiger partial charge in [-0.15, -0.1) is 0 Å². The van der Waals surface area contributed by atoms with Gasteiger partial charge in [0.2, 0.25) is 0 Å². The van der Waals surface area contributed by atoms with Gasteiger partial charge in [-0.1, -0.05) is 6.07 Å². The van der Waals surface area contributed by atoms with Crippen molar-refractivity contribution in [3.8, 4) is 11.4 Å². The number of amides is 1. The number of aromatic nitrogens is 2. The smallest absolute Gasteiger partial charge is 0.416 e. The number of phenolic OH excluding ortho intramolecular Hbond substituents is 1. The molecule has 3 N–H and O–H groups in total. The van der Waals surface area contributed by atoms with Gasteiger partial charge >= 0.3 is 6.18 Å². The molecule has 1 amide bonds. The maximum Gasteiger partial charge on any atom is 0.416 e. The number of alkyl halides is 3. The maximum atomic E-state index is 13.0. The SMILES string of the molecule is C/C(=N\NC(=O)c1ccc(O)cc1)c1c(C)[nH]n(-c2cccc(C(F)(F)F)c2)c1=O. The summed E-state index contributed by atoms with van der Waals surface area (Å²) in [5.41, 5.74) is 1.75. The van der Waals surface area contributed by atoms with Crippen LogP contribution in [0.1, 0.15) is 34.1 Å². The third kappa shape index (κ3) is 4.27. The number of aromatic amines is 1. The Morgan fingerprint density at radius 1 is 1.17 bits per heavy atom. The highest BCUT2D eigenvalue weighted by molar-refractivity contribution is 6.01. The lowest BCUT2D eigenvalue weighted by molar-refractivity contribution is -0.137. The molecule has 0 unspecified atom stereocenters. The van der Waals surface area contributed by atoms with Crippen LogP contribution in [0.15, 0.2) is 58.4 Å². The predicted octanol–water partition coefficient (Wildman–Crippen LogP) is 3.35. The second-order valence-corrected chi connectivity index (χ2v) is 6.49. The molecule has 0 bridgehead atoms. The van der Waals surface area contributed by atoms with E-state index >= 15 is 0 Å². The number of halogens is 3. The number of aromatic hydroxyl groups is 1. The van der Waals surface area contributed by atoms with Crippen molar-refractivity contribution in [2.75, 3.05) is 0 Å². The minimum absolute atomic E-state index is 0.00400. The van der Waals surface area contributed by atoms with Crippen LogP contribution in [0, 0.1) is 6.92 Å². The zero-order chi connectivity index (χ0) is 22.1. The number of benzene rings is 2. The lowest BCUT2D eigenvalue weighted by Gasteiger charge is -2.08. The molecule has 10 heteroatoms. The third-order valence-corrected chi connectivity index (χ3v) is 4.32. The molecule has 2 aromatic carbocycles. The molecular weight excluding hydrogens is 401 g/mol. The molecule has 0 radical (unpaired) electrons. The molecule has 0 fully saturated rings. The Labute approximate surface area is 168 Å². The number of nitrogens with zero attached hydrogens (tertiary/aromatic N) is 2. The van der Waals surface area contributed by atoms with Crippen molar-refractivity contribution in [2.45, 2.75) is 20.0 Å². The highest BCUT2D eigenvalue weighted by Gasteiger charge is 2.30. The molecule has 156 valence electrons. The summed E-state index contributed by atoms with van der Waals surface area (Å²) in [6.45, 7) is 3.06. The molecular formula is C20H17F3N4O3. The minimum atomic E-state index is -4.54. The van der Waals surface area contributed by atoms with Crippen LogP contribution in [-0.2, 0) is 6.18 Å². The number of nitrogens with one attached hydrogen (secondary N) is 2. The Kier molecular flexibility index (Phi) is 5.50. The van der Waals surface area contributed by atoms with E-state index in [9.17, 15) is 27.9 Å². The van der Waals surface area contributed by atoms with Gasteiger partial charge in [0.1, 0.15) is 5.75 Å². The van der Waals surface area contributed by atoms with E-state index in [0.717, 1.165) is 16.8 Å². The Balaban J connectivity index is 1.90. The fourth-order valence-corrected chi connectivity index (χ4v) is 2.84. The fraction of sp³-hybridized carbons (Fsp3) is 0.150. The van der Waals surface area contributed by atoms with Crippen LogP contribution in [0.2, 0.25) is 0 Å². The zero-order valence-corrected chi connectivity index (χ0v) is 15.9. The molecule has 0 saturated carbocycles. The van der Waals surface area contributed by atoms with Gasteiger partial charge in [0.05, 0.1) is 22.5 Å². The summed E-state index contributed by atoms with van der Waals surface area (Å²) in [7, 11) is 0. The van der Waals surface area contributed by atoms with E-state index in [1.165, 1.54) is 43.3 Å². The van der Waals surface area contributed by atoms with Gasteiger partial charge in [-0.25, -0.2) is 10.1 Å². The van der Waals surface area contributed by atoms with Crippen LogP contribution in [0.5, 0.6) is 5.75 Å². The van der Waals surface area contributed by atoms with Crippen molar-refractivity contribution in [2.24, 2.45) is 5.10 Å². The molecule has 0 aliphatic rings. The summed E-state index contributed by atoms with van der Waals surface area (Å²) >= 11 is 0. The number of hydrazone groups is 1. The fourth-order valence-electron chi connectivity index (χ4n) is 2.84. The largest absolute Gasteiger partial charge is 0.508 e. The Hall–Kier alpha value is -3.82. The monoisotopic (exact) mass is 418 g/mol. The average molecular weight is 418 g/mol. The number of hydrogen-bond donors (Lipinski definition) is 3. The average Bonchev–Trinajstić information content (AvgIpc) is 3.00. The summed E-state index contributed by atoms with van der Waals surface area (Å²) in [5, 5.41) is 15.9. The second kappa shape index (κ2) is 7.90. The standard InChI is InChI=1S/C20H17F3N4O3/c1-11(24-25-18(29)13-6-8-16(28)9-7-13)17-12(2)26-27(19(17)30)15-5-3-4-14(10-15)20(21,22)23/h3-10,26,28H,1-2H3,(H,25,29)/b24-11+. The molecule has 30 heavy (non-hydrogen) atoms. The van der Waals surface area contributed by atoms with Crippen LogP contribution < -0.4 is 11.0 Å². The number of H-pyrrole nitrogens is 1. The van der Waals surface area contributed by atoms with E-state index in [1.807, 2.05) is 0 Å². The number of hydrogen-bond acceptors (Lipinski definition) is 4. The van der Waals surface area contributed by atoms with Crippen molar-refractivity contribution in [3.63, 3.8) is 0 Å². The highest BCUT2D eigenvalue weighted by atomic mass is 19.4. The minimum Gasteiger partial charge on any atom is -0.508 e. The highest BCUT2D eigenvalue weighted by Crippen LogP contribution is 2.30. The second-order valence-electron chi connectivity index (χ2n) is 6.49. The van der Waals surface area contributed by atoms with Crippen molar-refractivity contribution >= 4 is 11.6 Å². The van der Waals surface area contributed by atoms with Crippen LogP contribution in [0.25, 0.3) is 5.69 Å². The first kappa shape index (κ1) is 20.9. The van der Waals surface area contributed by atoms with E-state index < -0.39 is 23.2 Å². The number of carbonyl (C=O) groups is 1. The summed E-state index contributed by atoms with van der Waals surface area (Å²) in [6.07, 6.45) is -4.54. The van der Waals surface area contributed by atoms with Crippen molar-refractivity contribution in [1.29, 1.82) is 0 Å². The molecule has 7 nitrogen and oxygen atoms in total. The molecule has 0 atom stereocenters. The van der Waals surface area contributed by atoms with Gasteiger partial charge < -0.3 is 5.11 Å². The third-order valence-electron chi connectivity index (χ3n) is 4.32. The summed E-state index contributed by atoms with van der Waals surface area (Å²) in [6, 6.07) is 9.84. The number of aryl methyl sites for hydroxylation is 1. The first-order valence-corrected chi connectivity index (χ1v) is 8.71. The normalized spacial score (nSPS) is 12.1. The molecule has 3 aromatic rings. The molecule has 0 aliphatic carbocycles. The molecule has 1 heterocycles.